The highest BCUT2D eigenvalue weighted by Crippen LogP contribution is 2.46. The first-order valence-electron chi connectivity index (χ1n) is 7.28. The summed E-state index contributed by atoms with van der Waals surface area (Å²) in [7, 11) is 3.22. The van der Waals surface area contributed by atoms with Gasteiger partial charge in [0, 0.05) is 0 Å². The van der Waals surface area contributed by atoms with Crippen LogP contribution in [0.5, 0.6) is 11.5 Å². The molecule has 0 radical (unpaired) electrons. The topological polar surface area (TPSA) is 47.6 Å². The fourth-order valence-electron chi connectivity index (χ4n) is 2.64. The summed E-state index contributed by atoms with van der Waals surface area (Å²) < 4.78 is 10.4. The van der Waals surface area contributed by atoms with Crippen LogP contribution >= 0.6 is 0 Å². The Kier molecular flexibility index (Phi) is 3.75. The van der Waals surface area contributed by atoms with Crippen LogP contribution in [0.1, 0.15) is 28.8 Å². The molecule has 0 saturated heterocycles. The van der Waals surface area contributed by atoms with Crippen molar-refractivity contribution in [3.63, 3.8) is 0 Å². The maximum atomic E-state index is 12.6. The predicted molar refractivity (Wildman–Crippen MR) is 84.4 cm³/mol. The van der Waals surface area contributed by atoms with Crippen LogP contribution in [0.25, 0.3) is 0 Å². The van der Waals surface area contributed by atoms with E-state index in [9.17, 15) is 4.79 Å². The van der Waals surface area contributed by atoms with Crippen LogP contribution in [0.4, 0.5) is 0 Å². The molecule has 4 heteroatoms. The average Bonchev–Trinajstić information content (AvgIpc) is 3.35. The van der Waals surface area contributed by atoms with Gasteiger partial charge in [-0.05, 0) is 42.7 Å². The van der Waals surface area contributed by atoms with Crippen molar-refractivity contribution in [3.05, 3.63) is 59.7 Å². The van der Waals surface area contributed by atoms with Gasteiger partial charge in [-0.1, -0.05) is 24.3 Å². The summed E-state index contributed by atoms with van der Waals surface area (Å²) in [6.07, 6.45) is 1.89. The fourth-order valence-corrected chi connectivity index (χ4v) is 2.64. The SMILES string of the molecule is COc1ccc(C2(NC(=O)c3ccccc3OC)CC2)cc1. The first kappa shape index (κ1) is 14.4. The molecule has 4 nitrogen and oxygen atoms in total. The molecule has 0 atom stereocenters. The minimum Gasteiger partial charge on any atom is -0.497 e. The molecule has 1 aliphatic rings. The van der Waals surface area contributed by atoms with Gasteiger partial charge in [0.15, 0.2) is 0 Å². The number of nitrogens with one attached hydrogen (secondary N) is 1. The van der Waals surface area contributed by atoms with Gasteiger partial charge >= 0.3 is 0 Å². The quantitative estimate of drug-likeness (QED) is 0.922. The molecule has 0 aromatic heterocycles. The summed E-state index contributed by atoms with van der Waals surface area (Å²) in [5.74, 6) is 1.30. The summed E-state index contributed by atoms with van der Waals surface area (Å²) in [5, 5.41) is 3.15. The summed E-state index contributed by atoms with van der Waals surface area (Å²) >= 11 is 0. The van der Waals surface area contributed by atoms with Gasteiger partial charge in [0.1, 0.15) is 11.5 Å². The Hall–Kier alpha value is -2.49. The number of rotatable bonds is 5. The predicted octanol–water partition coefficient (Wildman–Crippen LogP) is 3.12. The van der Waals surface area contributed by atoms with E-state index in [1.807, 2.05) is 36.4 Å². The van der Waals surface area contributed by atoms with Crippen LogP contribution in [-0.2, 0) is 5.54 Å². The lowest BCUT2D eigenvalue weighted by Gasteiger charge is -2.19. The van der Waals surface area contributed by atoms with Crippen molar-refractivity contribution in [2.45, 2.75) is 18.4 Å². The minimum atomic E-state index is -0.260. The smallest absolute Gasteiger partial charge is 0.255 e. The van der Waals surface area contributed by atoms with Crippen LogP contribution in [-0.4, -0.2) is 20.1 Å². The molecule has 0 heterocycles. The zero-order chi connectivity index (χ0) is 15.6. The van der Waals surface area contributed by atoms with Gasteiger partial charge in [-0.15, -0.1) is 0 Å². The number of carbonyl (C=O) groups excluding carboxylic acids is 1. The largest absolute Gasteiger partial charge is 0.497 e. The van der Waals surface area contributed by atoms with E-state index in [-0.39, 0.29) is 11.4 Å². The molecule has 114 valence electrons. The lowest BCUT2D eigenvalue weighted by molar-refractivity contribution is 0.0928. The molecule has 0 unspecified atom stereocenters. The van der Waals surface area contributed by atoms with Gasteiger partial charge < -0.3 is 14.8 Å². The monoisotopic (exact) mass is 297 g/mol. The molecular weight excluding hydrogens is 278 g/mol. The number of amides is 1. The number of methoxy groups -OCH3 is 2. The summed E-state index contributed by atoms with van der Waals surface area (Å²) in [4.78, 5) is 12.6. The van der Waals surface area contributed by atoms with Gasteiger partial charge in [0.05, 0.1) is 25.3 Å². The van der Waals surface area contributed by atoms with Gasteiger partial charge in [0.2, 0.25) is 0 Å². The molecule has 1 amide bonds. The van der Waals surface area contributed by atoms with Crippen molar-refractivity contribution < 1.29 is 14.3 Å². The lowest BCUT2D eigenvalue weighted by atomic mass is 10.0. The van der Waals surface area contributed by atoms with Crippen molar-refractivity contribution in [3.8, 4) is 11.5 Å². The minimum absolute atomic E-state index is 0.106. The second-order valence-corrected chi connectivity index (χ2v) is 5.47. The third-order valence-corrected chi connectivity index (χ3v) is 4.10. The van der Waals surface area contributed by atoms with Gasteiger partial charge in [0.25, 0.3) is 5.91 Å². The standard InChI is InChI=1S/C18H19NO3/c1-21-14-9-7-13(8-10-14)18(11-12-18)19-17(20)15-5-3-4-6-16(15)22-2/h3-10H,11-12H2,1-2H3,(H,19,20). The molecule has 1 fully saturated rings. The van der Waals surface area contributed by atoms with Gasteiger partial charge in [-0.2, -0.15) is 0 Å². The van der Waals surface area contributed by atoms with Crippen molar-refractivity contribution in [2.75, 3.05) is 14.2 Å². The van der Waals surface area contributed by atoms with Crippen LogP contribution in [0.2, 0.25) is 0 Å². The molecule has 0 spiro atoms. The summed E-state index contributed by atoms with van der Waals surface area (Å²) in [5.41, 5.74) is 1.41. The first-order chi connectivity index (χ1) is 10.7. The number of hydrogen-bond acceptors (Lipinski definition) is 3. The van der Waals surface area contributed by atoms with Crippen LogP contribution in [0.3, 0.4) is 0 Å². The zero-order valence-electron chi connectivity index (χ0n) is 12.8. The van der Waals surface area contributed by atoms with E-state index in [0.717, 1.165) is 24.2 Å². The first-order valence-corrected chi connectivity index (χ1v) is 7.28. The normalized spacial score (nSPS) is 15.0. The Morgan fingerprint density at radius 1 is 1.00 bits per heavy atom. The number of ether oxygens (including phenoxy) is 2. The van der Waals surface area contributed by atoms with Crippen molar-refractivity contribution in [2.24, 2.45) is 0 Å². The lowest BCUT2D eigenvalue weighted by Crippen LogP contribution is -2.35. The van der Waals surface area contributed by atoms with Crippen molar-refractivity contribution in [1.82, 2.24) is 5.32 Å². The van der Waals surface area contributed by atoms with E-state index in [1.165, 1.54) is 0 Å². The molecule has 1 aliphatic carbocycles. The van der Waals surface area contributed by atoms with E-state index >= 15 is 0 Å². The Morgan fingerprint density at radius 3 is 2.27 bits per heavy atom. The summed E-state index contributed by atoms with van der Waals surface area (Å²) in [6.45, 7) is 0. The molecule has 0 aliphatic heterocycles. The Balaban J connectivity index is 1.80. The van der Waals surface area contributed by atoms with E-state index < -0.39 is 0 Å². The second kappa shape index (κ2) is 5.72. The highest BCUT2D eigenvalue weighted by Gasteiger charge is 2.45. The average molecular weight is 297 g/mol. The number of hydrogen-bond donors (Lipinski definition) is 1. The molecule has 22 heavy (non-hydrogen) atoms. The maximum Gasteiger partial charge on any atom is 0.255 e. The van der Waals surface area contributed by atoms with Crippen molar-refractivity contribution >= 4 is 5.91 Å². The maximum absolute atomic E-state index is 12.6. The third-order valence-electron chi connectivity index (χ3n) is 4.10. The van der Waals surface area contributed by atoms with E-state index in [0.29, 0.717) is 11.3 Å². The Labute approximate surface area is 130 Å². The molecular formula is C18H19NO3. The third kappa shape index (κ3) is 2.64. The highest BCUT2D eigenvalue weighted by atomic mass is 16.5. The molecule has 1 N–H and O–H groups in total. The Morgan fingerprint density at radius 2 is 1.68 bits per heavy atom. The molecule has 0 bridgehead atoms. The Bertz CT molecular complexity index is 675. The van der Waals surface area contributed by atoms with Crippen LogP contribution in [0.15, 0.2) is 48.5 Å². The van der Waals surface area contributed by atoms with Crippen LogP contribution in [0, 0.1) is 0 Å². The second-order valence-electron chi connectivity index (χ2n) is 5.47. The number of carbonyl (C=O) groups is 1. The highest BCUT2D eigenvalue weighted by molar-refractivity contribution is 5.97. The number of para-hydroxylation sites is 1. The van der Waals surface area contributed by atoms with E-state index in [4.69, 9.17) is 9.47 Å². The zero-order valence-corrected chi connectivity index (χ0v) is 12.8. The molecule has 2 aromatic rings. The van der Waals surface area contributed by atoms with Crippen molar-refractivity contribution in [1.29, 1.82) is 0 Å². The molecule has 3 rings (SSSR count). The molecule has 1 saturated carbocycles. The van der Waals surface area contributed by atoms with E-state index in [1.54, 1.807) is 26.4 Å². The number of benzene rings is 2. The molecule has 2 aromatic carbocycles. The summed E-state index contributed by atoms with van der Waals surface area (Å²) in [6, 6.07) is 15.1. The van der Waals surface area contributed by atoms with Gasteiger partial charge in [-0.25, -0.2) is 0 Å². The fraction of sp³-hybridized carbons (Fsp3) is 0.278. The van der Waals surface area contributed by atoms with Gasteiger partial charge in [-0.3, -0.25) is 4.79 Å². The van der Waals surface area contributed by atoms with E-state index in [2.05, 4.69) is 5.32 Å². The van der Waals surface area contributed by atoms with Crippen LogP contribution < -0.4 is 14.8 Å².